The lowest BCUT2D eigenvalue weighted by atomic mass is 9.97. The van der Waals surface area contributed by atoms with Crippen LogP contribution >= 0.6 is 19.8 Å². The van der Waals surface area contributed by atoms with Crippen LogP contribution in [0.25, 0.3) is 18.2 Å². The van der Waals surface area contributed by atoms with Crippen molar-refractivity contribution < 1.29 is 42.7 Å². The lowest BCUT2D eigenvalue weighted by molar-refractivity contribution is 0.133. The fourth-order valence-corrected chi connectivity index (χ4v) is 8.93. The van der Waals surface area contributed by atoms with Gasteiger partial charge in [-0.1, -0.05) is 124 Å². The Morgan fingerprint density at radius 1 is 0.476 bits per heavy atom. The van der Waals surface area contributed by atoms with Gasteiger partial charge in [0.15, 0.2) is 0 Å². The van der Waals surface area contributed by atoms with Crippen LogP contribution in [0.5, 0.6) is 28.7 Å². The van der Waals surface area contributed by atoms with Gasteiger partial charge in [-0.25, -0.2) is 9.59 Å². The Labute approximate surface area is 503 Å². The maximum atomic E-state index is 13.2. The van der Waals surface area contributed by atoms with Gasteiger partial charge in [0.1, 0.15) is 58.8 Å². The van der Waals surface area contributed by atoms with Gasteiger partial charge in [-0.2, -0.15) is 19.8 Å². The smallest absolute Gasteiger partial charge is 0.414 e. The van der Waals surface area contributed by atoms with E-state index in [1.807, 2.05) is 147 Å². The first-order chi connectivity index (χ1) is 39.7. The summed E-state index contributed by atoms with van der Waals surface area (Å²) in [5, 5.41) is 6.21. The van der Waals surface area contributed by atoms with Gasteiger partial charge in [-0.05, 0) is 173 Å². The van der Waals surface area contributed by atoms with E-state index in [2.05, 4.69) is 119 Å². The molecular weight excluding hydrogens is 1090 g/mol. The molecule has 5 atom stereocenters. The number of ether oxygens (including phenoxy) is 7. The number of rotatable bonds is 18. The largest absolute Gasteiger partial charge is 0.494 e. The summed E-state index contributed by atoms with van der Waals surface area (Å²) in [6.45, 7) is 19.3. The first-order valence-corrected chi connectivity index (χ1v) is 28.4. The van der Waals surface area contributed by atoms with Crippen LogP contribution < -0.4 is 39.2 Å². The van der Waals surface area contributed by atoms with E-state index in [1.165, 1.54) is 5.56 Å². The molecule has 7 aromatic carbocycles. The number of carbonyl (C=O) groups excluding carboxylic acids is 2. The first-order valence-electron chi connectivity index (χ1n) is 28.4. The van der Waals surface area contributed by atoms with Crippen molar-refractivity contribution in [3.8, 4) is 28.7 Å². The summed E-state index contributed by atoms with van der Waals surface area (Å²) in [5.41, 5.74) is 8.89. The van der Waals surface area contributed by atoms with E-state index in [0.717, 1.165) is 99.3 Å². The number of carbonyl (C=O) groups is 2. The van der Waals surface area contributed by atoms with Crippen molar-refractivity contribution in [2.75, 3.05) is 28.7 Å². The highest BCUT2D eigenvalue weighted by atomic mass is 31.0. The van der Waals surface area contributed by atoms with Crippen molar-refractivity contribution >= 4 is 67.3 Å². The Balaban J connectivity index is 0.000000205. The summed E-state index contributed by atoms with van der Waals surface area (Å²) < 4.78 is 40.1. The Hall–Kier alpha value is -8.04. The Morgan fingerprint density at radius 3 is 1.38 bits per heavy atom. The molecule has 2 N–H and O–H groups in total. The van der Waals surface area contributed by atoms with Crippen molar-refractivity contribution in [3.05, 3.63) is 221 Å². The molecule has 0 aromatic heterocycles. The summed E-state index contributed by atoms with van der Waals surface area (Å²) in [6.07, 6.45) is 14.4. The van der Waals surface area contributed by atoms with Crippen molar-refractivity contribution in [3.63, 3.8) is 0 Å². The molecule has 2 amide bonds. The van der Waals surface area contributed by atoms with Crippen LogP contribution in [0, 0.1) is 0 Å². The zero-order chi connectivity index (χ0) is 58.0. The second kappa shape index (κ2) is 31.0. The van der Waals surface area contributed by atoms with Gasteiger partial charge < -0.3 is 38.5 Å². The van der Waals surface area contributed by atoms with Gasteiger partial charge >= 0.3 is 12.2 Å². The van der Waals surface area contributed by atoms with Crippen LogP contribution in [-0.2, 0) is 35.8 Å². The summed E-state index contributed by atoms with van der Waals surface area (Å²) in [5.74, 6) is 4.20. The number of nitrogens with one attached hydrogen (secondary N) is 2. The van der Waals surface area contributed by atoms with Crippen molar-refractivity contribution in [2.24, 2.45) is 0 Å². The quantitative estimate of drug-likeness (QED) is 0.0802. The molecule has 0 saturated heterocycles. The maximum Gasteiger partial charge on any atom is 0.414 e. The first kappa shape index (κ1) is 65.1. The highest BCUT2D eigenvalue weighted by Gasteiger charge is 2.29. The van der Waals surface area contributed by atoms with E-state index in [-0.39, 0.29) is 49.8 Å². The van der Waals surface area contributed by atoms with Gasteiger partial charge in [-0.3, -0.25) is 10.2 Å². The van der Waals surface area contributed by atoms with Crippen LogP contribution in [0.4, 0.5) is 26.7 Å². The second-order valence-corrected chi connectivity index (χ2v) is 20.9. The molecule has 5 unspecified atom stereocenters. The summed E-state index contributed by atoms with van der Waals surface area (Å²) in [7, 11) is 0. The zero-order valence-corrected chi connectivity index (χ0v) is 52.8. The lowest BCUT2D eigenvalue weighted by Gasteiger charge is -2.31. The molecule has 84 heavy (non-hydrogen) atoms. The van der Waals surface area contributed by atoms with E-state index in [0.29, 0.717) is 25.4 Å². The number of benzene rings is 7. The maximum absolute atomic E-state index is 13.2. The van der Waals surface area contributed by atoms with Gasteiger partial charge in [0.25, 0.3) is 0 Å². The minimum absolute atomic E-state index is 0. The normalized spacial score (nSPS) is 17.2. The van der Waals surface area contributed by atoms with Gasteiger partial charge in [0.2, 0.25) is 0 Å². The third kappa shape index (κ3) is 18.5. The Morgan fingerprint density at radius 2 is 0.905 bits per heavy atom. The minimum atomic E-state index is -0.497. The van der Waals surface area contributed by atoms with Crippen LogP contribution in [0.15, 0.2) is 182 Å². The van der Waals surface area contributed by atoms with E-state index in [9.17, 15) is 9.59 Å². The molecule has 0 fully saturated rings. The summed E-state index contributed by atoms with van der Waals surface area (Å²) in [4.78, 5) is 27.0. The topological polar surface area (TPSA) is 126 Å². The fraction of sp³-hybridized carbons (Fsp3) is 0.286. The van der Waals surface area contributed by atoms with E-state index >= 15 is 0 Å². The lowest BCUT2D eigenvalue weighted by Crippen LogP contribution is -2.32. The summed E-state index contributed by atoms with van der Waals surface area (Å²) in [6, 6.07) is 53.0. The van der Waals surface area contributed by atoms with Crippen LogP contribution in [-0.4, -0.2) is 42.2 Å². The third-order valence-electron chi connectivity index (χ3n) is 14.5. The zero-order valence-electron chi connectivity index (χ0n) is 50.0. The highest BCUT2D eigenvalue weighted by Crippen LogP contribution is 2.38. The number of fused-ring (bicyclic) bond motifs is 3. The molecule has 442 valence electrons. The SMILES string of the molecule is CCC1(C)C=Cc2cc(NCc3ccccc3)ccc2O1.CCOc1ccc(COC(=O)N(Cc2ccccc2)c2ccc3c(c2)C=CC(C)(CC)O3)cc1.CCOc1ccc(COC(=O)Nc2ccc3c(c2)C=CC(C)(CC)O3)cc1.P.P. The molecule has 0 spiro atoms. The second-order valence-electron chi connectivity index (χ2n) is 20.9. The molecular formula is C70H83N3O9P2. The van der Waals surface area contributed by atoms with Gasteiger partial charge in [0.05, 0.1) is 19.8 Å². The molecule has 3 aliphatic heterocycles. The number of amides is 2. The number of anilines is 3. The molecule has 0 bridgehead atoms. The average molecular weight is 1170 g/mol. The van der Waals surface area contributed by atoms with E-state index in [4.69, 9.17) is 33.2 Å². The van der Waals surface area contributed by atoms with Crippen molar-refractivity contribution in [1.29, 1.82) is 0 Å². The highest BCUT2D eigenvalue weighted by molar-refractivity contribution is 6.92. The molecule has 7 aromatic rings. The number of hydrogen-bond acceptors (Lipinski definition) is 10. The standard InChI is InChI=1S/C29H31NO4.C22H25NO4.C19H21NO.2H3P/c1-4-29(3)18-17-24-19-25(13-16-27(24)34-29)30(20-22-9-7-6-8-10-22)28(31)33-21-23-11-14-26(15-12-23)32-5-2;1-4-22(3)13-12-17-14-18(8-11-20(17)27-22)23-21(24)26-15-16-6-9-19(10-7-16)25-5-2;1-3-19(2)12-11-16-13-17(9-10-18(16)21-19)20-14-15-7-5-4-6-8-15;;/h6-19H,4-5,20-21H2,1-3H3;6-14H,4-5,15H2,1-3H3,(H,23,24);4-13,20H,3,14H2,1-2H3;2*1H3. The molecule has 0 saturated carbocycles. The van der Waals surface area contributed by atoms with Crippen molar-refractivity contribution in [2.45, 2.75) is 118 Å². The van der Waals surface area contributed by atoms with Gasteiger partial charge in [0, 0.05) is 40.3 Å². The molecule has 3 aliphatic rings. The van der Waals surface area contributed by atoms with Crippen LogP contribution in [0.3, 0.4) is 0 Å². The molecule has 12 nitrogen and oxygen atoms in total. The predicted octanol–water partition coefficient (Wildman–Crippen LogP) is 17.4. The summed E-state index contributed by atoms with van der Waals surface area (Å²) >= 11 is 0. The monoisotopic (exact) mass is 1170 g/mol. The Bertz CT molecular complexity index is 3320. The molecule has 0 radical (unpaired) electrons. The average Bonchev–Trinajstić information content (AvgIpc) is 3.70. The van der Waals surface area contributed by atoms with Crippen molar-refractivity contribution in [1.82, 2.24) is 0 Å². The number of nitrogens with zero attached hydrogens (tertiary/aromatic N) is 1. The van der Waals surface area contributed by atoms with E-state index < -0.39 is 12.2 Å². The molecule has 14 heteroatoms. The van der Waals surface area contributed by atoms with Gasteiger partial charge in [-0.15, -0.1) is 0 Å². The number of hydrogen-bond donors (Lipinski definition) is 2. The van der Waals surface area contributed by atoms with E-state index in [1.54, 1.807) is 4.90 Å². The minimum Gasteiger partial charge on any atom is -0.494 e. The predicted molar refractivity (Wildman–Crippen MR) is 352 cm³/mol. The molecule has 10 rings (SSSR count). The fourth-order valence-electron chi connectivity index (χ4n) is 8.93. The van der Waals surface area contributed by atoms with Crippen LogP contribution in [0.2, 0.25) is 0 Å². The third-order valence-corrected chi connectivity index (χ3v) is 14.5. The Kier molecular flexibility index (Phi) is 24.1. The molecule has 0 aliphatic carbocycles. The van der Waals surface area contributed by atoms with Crippen LogP contribution in [0.1, 0.15) is 114 Å². The molecule has 3 heterocycles.